The molecule has 0 spiro atoms. The number of likely N-dealkylation sites (tertiary alicyclic amines) is 1. The van der Waals surface area contributed by atoms with E-state index >= 15 is 0 Å². The largest absolute Gasteiger partial charge is 0.396 e. The van der Waals surface area contributed by atoms with Gasteiger partial charge in [-0.25, -0.2) is 4.79 Å². The third-order valence-corrected chi connectivity index (χ3v) is 3.37. The molecule has 0 aromatic heterocycles. The monoisotopic (exact) mass is 248 g/mol. The number of rotatable bonds is 2. The standard InChI is InChI=1S/C14H20N2O2/c1-11-4-6-13(7-5-11)15-14(18)16-8-2-3-12(9-16)10-17/h4-7,12,17H,2-3,8-10H2,1H3,(H,15,18)/t12-/m0/s1. The molecule has 1 aliphatic heterocycles. The molecule has 1 atom stereocenters. The molecule has 2 rings (SSSR count). The molecule has 1 aliphatic rings. The first-order valence-electron chi connectivity index (χ1n) is 6.42. The Hall–Kier alpha value is -1.55. The van der Waals surface area contributed by atoms with Crippen LogP contribution in [0.4, 0.5) is 10.5 Å². The van der Waals surface area contributed by atoms with E-state index in [0.29, 0.717) is 6.54 Å². The summed E-state index contributed by atoms with van der Waals surface area (Å²) in [5.74, 6) is 0.225. The lowest BCUT2D eigenvalue weighted by molar-refractivity contribution is 0.136. The van der Waals surface area contributed by atoms with Crippen LogP contribution in [0.5, 0.6) is 0 Å². The zero-order valence-electron chi connectivity index (χ0n) is 10.7. The van der Waals surface area contributed by atoms with E-state index in [0.717, 1.165) is 25.1 Å². The molecule has 2 amide bonds. The molecule has 0 radical (unpaired) electrons. The molecule has 4 heteroatoms. The van der Waals surface area contributed by atoms with Gasteiger partial charge < -0.3 is 15.3 Å². The van der Waals surface area contributed by atoms with E-state index in [1.54, 1.807) is 4.90 Å². The van der Waals surface area contributed by atoms with E-state index in [9.17, 15) is 4.79 Å². The minimum absolute atomic E-state index is 0.0722. The van der Waals surface area contributed by atoms with E-state index in [1.165, 1.54) is 5.56 Å². The first-order chi connectivity index (χ1) is 8.69. The quantitative estimate of drug-likeness (QED) is 0.843. The van der Waals surface area contributed by atoms with Crippen LogP contribution in [0.25, 0.3) is 0 Å². The number of anilines is 1. The van der Waals surface area contributed by atoms with Crippen molar-refractivity contribution in [3.63, 3.8) is 0 Å². The summed E-state index contributed by atoms with van der Waals surface area (Å²) in [5.41, 5.74) is 1.99. The maximum Gasteiger partial charge on any atom is 0.321 e. The lowest BCUT2D eigenvalue weighted by Crippen LogP contribution is -2.43. The number of benzene rings is 1. The highest BCUT2D eigenvalue weighted by atomic mass is 16.3. The van der Waals surface area contributed by atoms with Crippen LogP contribution in [0.2, 0.25) is 0 Å². The fourth-order valence-electron chi connectivity index (χ4n) is 2.24. The number of amides is 2. The third kappa shape index (κ3) is 3.23. The van der Waals surface area contributed by atoms with Gasteiger partial charge in [-0.15, -0.1) is 0 Å². The Bertz CT molecular complexity index is 403. The topological polar surface area (TPSA) is 52.6 Å². The fraction of sp³-hybridized carbons (Fsp3) is 0.500. The van der Waals surface area contributed by atoms with Gasteiger partial charge in [-0.1, -0.05) is 17.7 Å². The number of nitrogens with one attached hydrogen (secondary N) is 1. The Morgan fingerprint density at radius 1 is 1.44 bits per heavy atom. The number of carbonyl (C=O) groups excluding carboxylic acids is 1. The Morgan fingerprint density at radius 3 is 2.83 bits per heavy atom. The summed E-state index contributed by atoms with van der Waals surface area (Å²) in [6.07, 6.45) is 1.97. The van der Waals surface area contributed by atoms with E-state index < -0.39 is 0 Å². The van der Waals surface area contributed by atoms with Gasteiger partial charge in [0.15, 0.2) is 0 Å². The summed E-state index contributed by atoms with van der Waals surface area (Å²) < 4.78 is 0. The molecular weight excluding hydrogens is 228 g/mol. The number of hydrogen-bond donors (Lipinski definition) is 2. The summed E-state index contributed by atoms with van der Waals surface area (Å²) >= 11 is 0. The molecule has 1 aromatic rings. The van der Waals surface area contributed by atoms with Gasteiger partial charge in [0.25, 0.3) is 0 Å². The van der Waals surface area contributed by atoms with E-state index in [-0.39, 0.29) is 18.6 Å². The highest BCUT2D eigenvalue weighted by Gasteiger charge is 2.22. The van der Waals surface area contributed by atoms with Crippen LogP contribution >= 0.6 is 0 Å². The Morgan fingerprint density at radius 2 is 2.17 bits per heavy atom. The molecule has 1 saturated heterocycles. The van der Waals surface area contributed by atoms with Gasteiger partial charge in [0.05, 0.1) is 0 Å². The van der Waals surface area contributed by atoms with Crippen LogP contribution in [0.15, 0.2) is 24.3 Å². The van der Waals surface area contributed by atoms with Gasteiger partial charge in [-0.05, 0) is 37.8 Å². The Labute approximate surface area is 108 Å². The number of hydrogen-bond acceptors (Lipinski definition) is 2. The van der Waals surface area contributed by atoms with Gasteiger partial charge in [0.1, 0.15) is 0 Å². The number of piperidine rings is 1. The van der Waals surface area contributed by atoms with E-state index in [2.05, 4.69) is 5.32 Å². The smallest absolute Gasteiger partial charge is 0.321 e. The van der Waals surface area contributed by atoms with Crippen molar-refractivity contribution < 1.29 is 9.90 Å². The fourth-order valence-corrected chi connectivity index (χ4v) is 2.24. The third-order valence-electron chi connectivity index (χ3n) is 3.37. The van der Waals surface area contributed by atoms with Gasteiger partial charge >= 0.3 is 6.03 Å². The van der Waals surface area contributed by atoms with Crippen LogP contribution in [0.3, 0.4) is 0 Å². The predicted molar refractivity (Wildman–Crippen MR) is 71.6 cm³/mol. The second kappa shape index (κ2) is 5.87. The molecule has 98 valence electrons. The second-order valence-corrected chi connectivity index (χ2v) is 4.93. The molecule has 1 aromatic carbocycles. The van der Waals surface area contributed by atoms with E-state index in [4.69, 9.17) is 5.11 Å². The van der Waals surface area contributed by atoms with Crippen molar-refractivity contribution >= 4 is 11.7 Å². The summed E-state index contributed by atoms with van der Waals surface area (Å²) in [6, 6.07) is 7.68. The molecule has 18 heavy (non-hydrogen) atoms. The van der Waals surface area contributed by atoms with Crippen molar-refractivity contribution in [2.45, 2.75) is 19.8 Å². The highest BCUT2D eigenvalue weighted by Crippen LogP contribution is 2.17. The zero-order valence-corrected chi connectivity index (χ0v) is 10.7. The first kappa shape index (κ1) is 12.9. The molecule has 1 heterocycles. The molecule has 4 nitrogen and oxygen atoms in total. The number of carbonyl (C=O) groups is 1. The van der Waals surface area contributed by atoms with Crippen molar-refractivity contribution in [2.24, 2.45) is 5.92 Å². The number of urea groups is 1. The predicted octanol–water partition coefficient (Wildman–Crippen LogP) is 2.23. The maximum atomic E-state index is 12.0. The molecule has 0 aliphatic carbocycles. The van der Waals surface area contributed by atoms with Crippen molar-refractivity contribution in [3.8, 4) is 0 Å². The number of nitrogens with zero attached hydrogens (tertiary/aromatic N) is 1. The van der Waals surface area contributed by atoms with Crippen LogP contribution < -0.4 is 5.32 Å². The molecule has 1 fully saturated rings. The number of aryl methyl sites for hydroxylation is 1. The summed E-state index contributed by atoms with van der Waals surface area (Å²) in [5, 5.41) is 12.0. The van der Waals surface area contributed by atoms with Gasteiger partial charge in [-0.2, -0.15) is 0 Å². The molecular formula is C14H20N2O2. The highest BCUT2D eigenvalue weighted by molar-refractivity contribution is 5.89. The van der Waals surface area contributed by atoms with Crippen molar-refractivity contribution in [1.29, 1.82) is 0 Å². The molecule has 0 unspecified atom stereocenters. The summed E-state index contributed by atoms with van der Waals surface area (Å²) in [6.45, 7) is 3.60. The SMILES string of the molecule is Cc1ccc(NC(=O)N2CCC[C@H](CO)C2)cc1. The molecule has 0 bridgehead atoms. The minimum Gasteiger partial charge on any atom is -0.396 e. The van der Waals surface area contributed by atoms with Crippen molar-refractivity contribution in [1.82, 2.24) is 4.90 Å². The van der Waals surface area contributed by atoms with Gasteiger partial charge in [0, 0.05) is 25.4 Å². The van der Waals surface area contributed by atoms with E-state index in [1.807, 2.05) is 31.2 Å². The lowest BCUT2D eigenvalue weighted by atomic mass is 9.99. The number of aliphatic hydroxyl groups excluding tert-OH is 1. The average molecular weight is 248 g/mol. The van der Waals surface area contributed by atoms with Crippen LogP contribution in [-0.2, 0) is 0 Å². The maximum absolute atomic E-state index is 12.0. The normalized spacial score (nSPS) is 19.7. The van der Waals surface area contributed by atoms with Crippen molar-refractivity contribution in [3.05, 3.63) is 29.8 Å². The first-order valence-corrected chi connectivity index (χ1v) is 6.42. The minimum atomic E-state index is -0.0722. The van der Waals surface area contributed by atoms with Crippen LogP contribution in [0, 0.1) is 12.8 Å². The molecule has 0 saturated carbocycles. The van der Waals surface area contributed by atoms with Gasteiger partial charge in [0.2, 0.25) is 0 Å². The molecule has 2 N–H and O–H groups in total. The Kier molecular flexibility index (Phi) is 4.20. The van der Waals surface area contributed by atoms with Crippen LogP contribution in [0.1, 0.15) is 18.4 Å². The summed E-state index contributed by atoms with van der Waals surface area (Å²) in [7, 11) is 0. The van der Waals surface area contributed by atoms with Crippen molar-refractivity contribution in [2.75, 3.05) is 25.0 Å². The summed E-state index contributed by atoms with van der Waals surface area (Å²) in [4.78, 5) is 13.8. The second-order valence-electron chi connectivity index (χ2n) is 4.93. The van der Waals surface area contributed by atoms with Gasteiger partial charge in [-0.3, -0.25) is 0 Å². The van der Waals surface area contributed by atoms with Crippen LogP contribution in [-0.4, -0.2) is 35.7 Å². The Balaban J connectivity index is 1.93. The number of aliphatic hydroxyl groups is 1. The lowest BCUT2D eigenvalue weighted by Gasteiger charge is -2.31. The zero-order chi connectivity index (χ0) is 13.0. The average Bonchev–Trinajstić information content (AvgIpc) is 2.41.